The highest BCUT2D eigenvalue weighted by atomic mass is 16.2. The Bertz CT molecular complexity index is 121. The van der Waals surface area contributed by atoms with E-state index in [1.165, 1.54) is 0 Å². The summed E-state index contributed by atoms with van der Waals surface area (Å²) in [5, 5.41) is 3.71. The van der Waals surface area contributed by atoms with Gasteiger partial charge >= 0.3 is 0 Å². The minimum absolute atomic E-state index is 0.0349. The van der Waals surface area contributed by atoms with E-state index in [1.807, 2.05) is 0 Å². The molecule has 0 radical (unpaired) electrons. The molecular weight excluding hydrogens is 128 g/mol. The fraction of sp³-hybridized carbons (Fsp3) is 0.714. The number of hydrazone groups is 1. The van der Waals surface area contributed by atoms with Crippen LogP contribution in [-0.4, -0.2) is 12.1 Å². The van der Waals surface area contributed by atoms with Crippen molar-refractivity contribution in [1.29, 1.82) is 0 Å². The second-order valence-electron chi connectivity index (χ2n) is 1.99. The molecule has 3 heteroatoms. The first-order valence-corrected chi connectivity index (χ1v) is 3.61. The predicted molar refractivity (Wildman–Crippen MR) is 41.8 cm³/mol. The minimum atomic E-state index is -0.0349. The molecule has 0 aromatic heterocycles. The van der Waals surface area contributed by atoms with Crippen LogP contribution < -0.4 is 5.43 Å². The minimum Gasteiger partial charge on any atom is -0.273 e. The van der Waals surface area contributed by atoms with Crippen LogP contribution >= 0.6 is 0 Å². The Morgan fingerprint density at radius 3 is 2.80 bits per heavy atom. The summed E-state index contributed by atoms with van der Waals surface area (Å²) in [4.78, 5) is 10.6. The van der Waals surface area contributed by atoms with Crippen LogP contribution in [0, 0.1) is 0 Å². The van der Waals surface area contributed by atoms with E-state index in [-0.39, 0.29) is 5.91 Å². The van der Waals surface area contributed by atoms with E-state index < -0.39 is 0 Å². The van der Waals surface area contributed by atoms with Gasteiger partial charge in [0.1, 0.15) is 0 Å². The first-order chi connectivity index (χ1) is 4.81. The van der Waals surface area contributed by atoms with Crippen molar-refractivity contribution >= 4 is 12.1 Å². The van der Waals surface area contributed by atoms with Crippen molar-refractivity contribution in [2.45, 2.75) is 33.1 Å². The molecule has 0 aromatic carbocycles. The highest BCUT2D eigenvalue weighted by molar-refractivity contribution is 5.76. The average Bonchev–Trinajstić information content (AvgIpc) is 1.98. The largest absolute Gasteiger partial charge is 0.273 e. The summed E-state index contributed by atoms with van der Waals surface area (Å²) in [6.45, 7) is 3.86. The van der Waals surface area contributed by atoms with Crippen molar-refractivity contribution in [3.63, 3.8) is 0 Å². The van der Waals surface area contributed by atoms with Crippen molar-refractivity contribution in [3.05, 3.63) is 0 Å². The van der Waals surface area contributed by atoms with Crippen molar-refractivity contribution in [2.75, 3.05) is 0 Å². The second-order valence-corrected chi connectivity index (χ2v) is 1.99. The summed E-state index contributed by atoms with van der Waals surface area (Å²) in [7, 11) is 0. The topological polar surface area (TPSA) is 41.5 Å². The molecule has 0 unspecified atom stereocenters. The molecule has 1 N–H and O–H groups in total. The third-order valence-corrected chi connectivity index (χ3v) is 1.02. The Balaban J connectivity index is 3.25. The van der Waals surface area contributed by atoms with Gasteiger partial charge in [0, 0.05) is 12.6 Å². The molecule has 0 aliphatic carbocycles. The summed E-state index contributed by atoms with van der Waals surface area (Å²) in [6.07, 6.45) is 4.19. The predicted octanol–water partition coefficient (Wildman–Crippen LogP) is 1.30. The van der Waals surface area contributed by atoms with Gasteiger partial charge in [0.2, 0.25) is 5.91 Å². The van der Waals surface area contributed by atoms with Gasteiger partial charge in [-0.3, -0.25) is 4.79 Å². The van der Waals surface area contributed by atoms with Crippen LogP contribution in [0.2, 0.25) is 0 Å². The smallest absolute Gasteiger partial charge is 0.239 e. The molecule has 58 valence electrons. The van der Waals surface area contributed by atoms with Crippen molar-refractivity contribution in [2.24, 2.45) is 5.10 Å². The van der Waals surface area contributed by atoms with E-state index >= 15 is 0 Å². The Hall–Kier alpha value is -0.860. The zero-order valence-corrected chi connectivity index (χ0v) is 6.55. The van der Waals surface area contributed by atoms with Gasteiger partial charge in [-0.25, -0.2) is 5.43 Å². The van der Waals surface area contributed by atoms with Crippen LogP contribution in [0.3, 0.4) is 0 Å². The number of unbranched alkanes of at least 4 members (excludes halogenated alkanes) is 1. The quantitative estimate of drug-likeness (QED) is 0.466. The van der Waals surface area contributed by atoms with E-state index in [0.717, 1.165) is 12.8 Å². The maximum absolute atomic E-state index is 10.6. The van der Waals surface area contributed by atoms with E-state index in [4.69, 9.17) is 0 Å². The Labute approximate surface area is 61.5 Å². The number of amides is 1. The average molecular weight is 142 g/mol. The van der Waals surface area contributed by atoms with Crippen LogP contribution in [0.1, 0.15) is 33.1 Å². The molecule has 0 fully saturated rings. The number of carbonyl (C=O) groups is 1. The summed E-state index contributed by atoms with van der Waals surface area (Å²) in [6, 6.07) is 0. The lowest BCUT2D eigenvalue weighted by Gasteiger charge is -1.92. The Kier molecular flexibility index (Phi) is 5.72. The van der Waals surface area contributed by atoms with Crippen molar-refractivity contribution in [1.82, 2.24) is 5.43 Å². The van der Waals surface area contributed by atoms with Gasteiger partial charge in [-0.15, -0.1) is 0 Å². The molecule has 3 nitrogen and oxygen atoms in total. The van der Waals surface area contributed by atoms with Gasteiger partial charge in [-0.05, 0) is 6.42 Å². The molecule has 0 heterocycles. The van der Waals surface area contributed by atoms with Crippen molar-refractivity contribution < 1.29 is 4.79 Å². The first-order valence-electron chi connectivity index (χ1n) is 3.61. The standard InChI is InChI=1S/C7H14N2O/c1-3-5-6-8-9-7(10)4-2/h6H,3-5H2,1-2H3,(H,9,10)/b8-6-. The summed E-state index contributed by atoms with van der Waals surface area (Å²) >= 11 is 0. The Morgan fingerprint density at radius 1 is 1.60 bits per heavy atom. The SMILES string of the molecule is CCC/C=N\NC(=O)CC. The molecule has 0 aliphatic heterocycles. The van der Waals surface area contributed by atoms with Gasteiger partial charge < -0.3 is 0 Å². The molecule has 0 saturated carbocycles. The molecule has 0 aromatic rings. The zero-order valence-electron chi connectivity index (χ0n) is 6.55. The van der Waals surface area contributed by atoms with E-state index in [0.29, 0.717) is 6.42 Å². The third kappa shape index (κ3) is 5.28. The monoisotopic (exact) mass is 142 g/mol. The van der Waals surface area contributed by atoms with Crippen LogP contribution in [0.15, 0.2) is 5.10 Å². The number of rotatable bonds is 4. The molecule has 0 saturated heterocycles. The zero-order chi connectivity index (χ0) is 7.82. The van der Waals surface area contributed by atoms with Gasteiger partial charge in [-0.2, -0.15) is 5.10 Å². The van der Waals surface area contributed by atoms with Crippen LogP contribution in [0.25, 0.3) is 0 Å². The number of nitrogens with one attached hydrogen (secondary N) is 1. The molecule has 0 atom stereocenters. The summed E-state index contributed by atoms with van der Waals surface area (Å²) in [5.41, 5.74) is 2.40. The van der Waals surface area contributed by atoms with E-state index in [2.05, 4.69) is 17.5 Å². The van der Waals surface area contributed by atoms with Crippen LogP contribution in [0.4, 0.5) is 0 Å². The normalized spacial score (nSPS) is 10.2. The highest BCUT2D eigenvalue weighted by Gasteiger charge is 1.89. The van der Waals surface area contributed by atoms with Crippen LogP contribution in [-0.2, 0) is 4.79 Å². The van der Waals surface area contributed by atoms with E-state index in [1.54, 1.807) is 13.1 Å². The molecule has 0 bridgehead atoms. The number of hydrogen-bond acceptors (Lipinski definition) is 2. The maximum Gasteiger partial charge on any atom is 0.239 e. The highest BCUT2D eigenvalue weighted by Crippen LogP contribution is 1.79. The number of nitrogens with zero attached hydrogens (tertiary/aromatic N) is 1. The van der Waals surface area contributed by atoms with Gasteiger partial charge in [0.25, 0.3) is 0 Å². The lowest BCUT2D eigenvalue weighted by atomic mass is 10.4. The molecular formula is C7H14N2O. The molecule has 0 spiro atoms. The van der Waals surface area contributed by atoms with Crippen LogP contribution in [0.5, 0.6) is 0 Å². The summed E-state index contributed by atoms with van der Waals surface area (Å²) < 4.78 is 0. The third-order valence-electron chi connectivity index (χ3n) is 1.02. The molecule has 1 amide bonds. The lowest BCUT2D eigenvalue weighted by molar-refractivity contribution is -0.120. The fourth-order valence-corrected chi connectivity index (χ4v) is 0.390. The van der Waals surface area contributed by atoms with E-state index in [9.17, 15) is 4.79 Å². The fourth-order valence-electron chi connectivity index (χ4n) is 0.390. The van der Waals surface area contributed by atoms with Gasteiger partial charge in [-0.1, -0.05) is 20.3 Å². The summed E-state index contributed by atoms with van der Waals surface area (Å²) in [5.74, 6) is -0.0349. The second kappa shape index (κ2) is 6.26. The molecule has 0 rings (SSSR count). The molecule has 10 heavy (non-hydrogen) atoms. The van der Waals surface area contributed by atoms with Gasteiger partial charge in [0.15, 0.2) is 0 Å². The van der Waals surface area contributed by atoms with Crippen molar-refractivity contribution in [3.8, 4) is 0 Å². The lowest BCUT2D eigenvalue weighted by Crippen LogP contribution is -2.15. The Morgan fingerprint density at radius 2 is 2.30 bits per heavy atom. The number of hydrogen-bond donors (Lipinski definition) is 1. The number of carbonyl (C=O) groups excluding carboxylic acids is 1. The first kappa shape index (κ1) is 9.14. The van der Waals surface area contributed by atoms with Gasteiger partial charge in [0.05, 0.1) is 0 Å². The maximum atomic E-state index is 10.6. The molecule has 0 aliphatic rings.